The predicted octanol–water partition coefficient (Wildman–Crippen LogP) is 4.30. The zero-order valence-electron chi connectivity index (χ0n) is 16.3. The van der Waals surface area contributed by atoms with Gasteiger partial charge in [0, 0.05) is 17.0 Å². The molecule has 2 aromatic carbocycles. The molecule has 0 bridgehead atoms. The largest absolute Gasteiger partial charge is 0.508 e. The first-order chi connectivity index (χ1) is 14.9. The molecule has 0 radical (unpaired) electrons. The van der Waals surface area contributed by atoms with Crippen molar-refractivity contribution in [1.82, 2.24) is 15.0 Å². The minimum Gasteiger partial charge on any atom is -0.508 e. The van der Waals surface area contributed by atoms with E-state index in [1.165, 1.54) is 30.6 Å². The quantitative estimate of drug-likeness (QED) is 0.452. The summed E-state index contributed by atoms with van der Waals surface area (Å²) in [6, 6.07) is 11.0. The second-order valence-corrected chi connectivity index (χ2v) is 6.92. The first-order valence-electron chi connectivity index (χ1n) is 9.23. The number of nitrogen functional groups attached to an aromatic ring is 1. The zero-order valence-corrected chi connectivity index (χ0v) is 16.3. The summed E-state index contributed by atoms with van der Waals surface area (Å²) in [6.45, 7) is 1.77. The van der Waals surface area contributed by atoms with Crippen LogP contribution in [-0.2, 0) is 0 Å². The fourth-order valence-corrected chi connectivity index (χ4v) is 3.34. The van der Waals surface area contributed by atoms with Gasteiger partial charge in [-0.15, -0.1) is 0 Å². The van der Waals surface area contributed by atoms with Crippen molar-refractivity contribution in [3.63, 3.8) is 0 Å². The summed E-state index contributed by atoms with van der Waals surface area (Å²) in [5.74, 6) is -1.17. The number of phenols is 1. The number of nitrogens with two attached hydrogens (primary N) is 1. The number of nitrogens with one attached hydrogen (secondary N) is 1. The molecule has 0 aliphatic rings. The number of hydrogen-bond donors (Lipinski definition) is 3. The van der Waals surface area contributed by atoms with Crippen LogP contribution in [0.2, 0.25) is 0 Å². The third-order valence-electron chi connectivity index (χ3n) is 4.75. The van der Waals surface area contributed by atoms with Crippen LogP contribution in [0.1, 0.15) is 24.2 Å². The fourth-order valence-electron chi connectivity index (χ4n) is 3.34. The van der Waals surface area contributed by atoms with Crippen LogP contribution in [0.3, 0.4) is 0 Å². The third kappa shape index (κ3) is 3.91. The average molecular weight is 418 g/mol. The smallest absolute Gasteiger partial charge is 0.150 e. The van der Waals surface area contributed by atoms with Crippen molar-refractivity contribution < 1.29 is 13.9 Å². The summed E-state index contributed by atoms with van der Waals surface area (Å²) >= 11 is 0. The summed E-state index contributed by atoms with van der Waals surface area (Å²) in [6.07, 6.45) is 1.23. The predicted molar refractivity (Wildman–Crippen MR) is 112 cm³/mol. The van der Waals surface area contributed by atoms with E-state index in [9.17, 15) is 19.1 Å². The second kappa shape index (κ2) is 7.84. The summed E-state index contributed by atoms with van der Waals surface area (Å²) in [5.41, 5.74) is 7.61. The standard InChI is InChI=1S/C22H16F2N6O/c1-11(29-22-18(9-25)21(26)27-10-28-22)20-17(12-4-14(23)8-15(24)5-12)7-13-6-16(31)2-3-19(13)30-20/h2-8,10-11,31H,1H3,(H3,26,27,28,29). The number of hydrogen-bond acceptors (Lipinski definition) is 7. The van der Waals surface area contributed by atoms with Gasteiger partial charge in [-0.25, -0.2) is 23.7 Å². The molecule has 2 heterocycles. The SMILES string of the molecule is CC(Nc1ncnc(N)c1C#N)c1nc2ccc(O)cc2cc1-c1cc(F)cc(F)c1. The molecule has 0 saturated carbocycles. The number of anilines is 2. The molecule has 2 aromatic heterocycles. The van der Waals surface area contributed by atoms with E-state index in [-0.39, 0.29) is 28.5 Å². The Morgan fingerprint density at radius 2 is 1.84 bits per heavy atom. The van der Waals surface area contributed by atoms with Gasteiger partial charge >= 0.3 is 0 Å². The van der Waals surface area contributed by atoms with Gasteiger partial charge in [0.15, 0.2) is 0 Å². The van der Waals surface area contributed by atoms with E-state index in [1.54, 1.807) is 19.1 Å². The van der Waals surface area contributed by atoms with Gasteiger partial charge in [-0.05, 0) is 48.9 Å². The number of nitrogens with zero attached hydrogens (tertiary/aromatic N) is 4. The Labute approximate surface area is 175 Å². The number of aromatic hydroxyl groups is 1. The van der Waals surface area contributed by atoms with E-state index in [2.05, 4.69) is 20.3 Å². The summed E-state index contributed by atoms with van der Waals surface area (Å²) < 4.78 is 27.9. The molecule has 4 N–H and O–H groups in total. The van der Waals surface area contributed by atoms with Gasteiger partial charge in [0.1, 0.15) is 47.0 Å². The Kier molecular flexibility index (Phi) is 5.05. The van der Waals surface area contributed by atoms with Crippen molar-refractivity contribution >= 4 is 22.5 Å². The lowest BCUT2D eigenvalue weighted by atomic mass is 9.97. The molecule has 154 valence electrons. The van der Waals surface area contributed by atoms with Crippen LogP contribution >= 0.6 is 0 Å². The maximum absolute atomic E-state index is 13.9. The molecule has 4 aromatic rings. The molecule has 0 aliphatic heterocycles. The lowest BCUT2D eigenvalue weighted by Crippen LogP contribution is -2.13. The number of benzene rings is 2. The van der Waals surface area contributed by atoms with E-state index in [1.807, 2.05) is 6.07 Å². The van der Waals surface area contributed by atoms with E-state index in [0.29, 0.717) is 22.2 Å². The Morgan fingerprint density at radius 3 is 2.55 bits per heavy atom. The van der Waals surface area contributed by atoms with Gasteiger partial charge < -0.3 is 16.2 Å². The Balaban J connectivity index is 1.88. The molecule has 0 spiro atoms. The fraction of sp³-hybridized carbons (Fsp3) is 0.0909. The molecule has 7 nitrogen and oxygen atoms in total. The average Bonchev–Trinajstić information content (AvgIpc) is 2.72. The minimum absolute atomic E-state index is 0.0292. The Morgan fingerprint density at radius 1 is 1.10 bits per heavy atom. The number of rotatable bonds is 4. The highest BCUT2D eigenvalue weighted by Crippen LogP contribution is 2.34. The molecule has 9 heteroatoms. The summed E-state index contributed by atoms with van der Waals surface area (Å²) in [4.78, 5) is 12.5. The zero-order chi connectivity index (χ0) is 22.1. The molecule has 0 saturated heterocycles. The van der Waals surface area contributed by atoms with Gasteiger partial charge in [0.2, 0.25) is 0 Å². The molecular formula is C22H16F2N6O. The van der Waals surface area contributed by atoms with Gasteiger partial charge in [-0.1, -0.05) is 0 Å². The lowest BCUT2D eigenvalue weighted by Gasteiger charge is -2.19. The first kappa shape index (κ1) is 20.0. The monoisotopic (exact) mass is 418 g/mol. The number of nitriles is 1. The van der Waals surface area contributed by atoms with Crippen molar-refractivity contribution in [1.29, 1.82) is 5.26 Å². The molecule has 0 aliphatic carbocycles. The highest BCUT2D eigenvalue weighted by molar-refractivity contribution is 5.86. The van der Waals surface area contributed by atoms with E-state index in [4.69, 9.17) is 5.73 Å². The van der Waals surface area contributed by atoms with Crippen LogP contribution in [0.25, 0.3) is 22.0 Å². The molecule has 1 unspecified atom stereocenters. The maximum Gasteiger partial charge on any atom is 0.150 e. The van der Waals surface area contributed by atoms with Crippen molar-refractivity contribution in [3.8, 4) is 22.9 Å². The van der Waals surface area contributed by atoms with Crippen LogP contribution in [0.5, 0.6) is 5.75 Å². The van der Waals surface area contributed by atoms with Gasteiger partial charge in [0.25, 0.3) is 0 Å². The minimum atomic E-state index is -0.729. The van der Waals surface area contributed by atoms with Crippen LogP contribution in [0.4, 0.5) is 20.4 Å². The lowest BCUT2D eigenvalue weighted by molar-refractivity contribution is 0.476. The van der Waals surface area contributed by atoms with Gasteiger partial charge in [0.05, 0.1) is 17.3 Å². The Hall–Kier alpha value is -4.32. The third-order valence-corrected chi connectivity index (χ3v) is 4.75. The number of pyridine rings is 1. The second-order valence-electron chi connectivity index (χ2n) is 6.92. The van der Waals surface area contributed by atoms with E-state index in [0.717, 1.165) is 6.07 Å². The highest BCUT2D eigenvalue weighted by atomic mass is 19.1. The van der Waals surface area contributed by atoms with Crippen molar-refractivity contribution in [2.24, 2.45) is 0 Å². The Bertz CT molecular complexity index is 1330. The number of fused-ring (bicyclic) bond motifs is 1. The number of aromatic nitrogens is 3. The highest BCUT2D eigenvalue weighted by Gasteiger charge is 2.19. The topological polar surface area (TPSA) is 121 Å². The normalized spacial score (nSPS) is 11.8. The summed E-state index contributed by atoms with van der Waals surface area (Å²) in [7, 11) is 0. The van der Waals surface area contributed by atoms with E-state index >= 15 is 0 Å². The molecule has 0 amide bonds. The van der Waals surface area contributed by atoms with Crippen LogP contribution in [0, 0.1) is 23.0 Å². The van der Waals surface area contributed by atoms with Crippen LogP contribution < -0.4 is 11.1 Å². The molecule has 31 heavy (non-hydrogen) atoms. The molecule has 0 fully saturated rings. The van der Waals surface area contributed by atoms with Gasteiger partial charge in [-0.3, -0.25) is 0 Å². The molecular weight excluding hydrogens is 402 g/mol. The van der Waals surface area contributed by atoms with Crippen molar-refractivity contribution in [2.45, 2.75) is 13.0 Å². The molecule has 4 rings (SSSR count). The number of halogens is 2. The maximum atomic E-state index is 13.9. The van der Waals surface area contributed by atoms with Crippen LogP contribution in [-0.4, -0.2) is 20.1 Å². The number of phenolic OH excluding ortho intramolecular Hbond substituents is 1. The first-order valence-corrected chi connectivity index (χ1v) is 9.23. The van der Waals surface area contributed by atoms with E-state index < -0.39 is 17.7 Å². The van der Waals surface area contributed by atoms with Crippen molar-refractivity contribution in [3.05, 3.63) is 71.7 Å². The van der Waals surface area contributed by atoms with Gasteiger partial charge in [-0.2, -0.15) is 5.26 Å². The molecule has 1 atom stereocenters. The van der Waals surface area contributed by atoms with Crippen molar-refractivity contribution in [2.75, 3.05) is 11.1 Å². The van der Waals surface area contributed by atoms with Crippen LogP contribution in [0.15, 0.2) is 48.8 Å². The summed E-state index contributed by atoms with van der Waals surface area (Å²) in [5, 5.41) is 22.9.